The number of likely N-dealkylation sites (N-methyl/N-ethyl adjacent to an activating group) is 1. The summed E-state index contributed by atoms with van der Waals surface area (Å²) in [4.78, 5) is 21.9. The maximum Gasteiger partial charge on any atom is 0.407 e. The van der Waals surface area contributed by atoms with E-state index in [9.17, 15) is 9.59 Å². The van der Waals surface area contributed by atoms with Crippen molar-refractivity contribution >= 4 is 12.1 Å². The van der Waals surface area contributed by atoms with Gasteiger partial charge in [-0.25, -0.2) is 9.59 Å². The molecule has 0 aromatic carbocycles. The van der Waals surface area contributed by atoms with Gasteiger partial charge in [-0.3, -0.25) is 0 Å². The minimum atomic E-state index is -0.819. The van der Waals surface area contributed by atoms with Crippen LogP contribution in [0.15, 0.2) is 0 Å². The quantitative estimate of drug-likeness (QED) is 0.554. The molecule has 0 aliphatic carbocycles. The molecule has 0 aliphatic rings. The van der Waals surface area contributed by atoms with Crippen LogP contribution in [0.1, 0.15) is 27.2 Å². The summed E-state index contributed by atoms with van der Waals surface area (Å²) in [5, 5.41) is 11.4. The number of amides is 1. The van der Waals surface area contributed by atoms with Gasteiger partial charge in [0.2, 0.25) is 0 Å². The van der Waals surface area contributed by atoms with E-state index in [1.54, 1.807) is 20.8 Å². The molecule has 0 aliphatic heterocycles. The molecule has 0 atom stereocenters. The molecule has 6 heteroatoms. The Hall–Kier alpha value is -1.30. The Balaban J connectivity index is 3.80. The topological polar surface area (TPSA) is 75.6 Å². The summed E-state index contributed by atoms with van der Waals surface area (Å²) in [7, 11) is 3.70. The molecule has 0 heterocycles. The molecule has 0 unspecified atom stereocenters. The van der Waals surface area contributed by atoms with Crippen molar-refractivity contribution in [1.29, 1.82) is 0 Å². The Morgan fingerprint density at radius 2 is 1.83 bits per heavy atom. The highest BCUT2D eigenvalue weighted by Gasteiger charge is 2.19. The number of hydrogen-bond acceptors (Lipinski definition) is 3. The van der Waals surface area contributed by atoms with E-state index in [1.807, 2.05) is 14.1 Å². The fraction of sp³-hybridized carbons (Fsp3) is 0.833. The Bertz CT molecular complexity index is 295. The fourth-order valence-corrected chi connectivity index (χ4v) is 1.46. The highest BCUT2D eigenvalue weighted by molar-refractivity contribution is 5.68. The van der Waals surface area contributed by atoms with Gasteiger partial charge in [0.15, 0.2) is 6.54 Å². The van der Waals surface area contributed by atoms with Crippen LogP contribution in [-0.4, -0.2) is 61.0 Å². The first-order valence-corrected chi connectivity index (χ1v) is 6.02. The summed E-state index contributed by atoms with van der Waals surface area (Å²) in [5.74, 6) is -0.819. The van der Waals surface area contributed by atoms with Gasteiger partial charge in [0.05, 0.1) is 20.6 Å². The van der Waals surface area contributed by atoms with Crippen LogP contribution in [0.4, 0.5) is 4.79 Å². The SMILES string of the molecule is CC(C)(C)OC(=O)NCCC[N+](C)(C)CC(=O)O. The molecule has 0 spiro atoms. The number of quaternary nitrogens is 1. The van der Waals surface area contributed by atoms with E-state index in [4.69, 9.17) is 9.84 Å². The lowest BCUT2D eigenvalue weighted by atomic mass is 10.2. The van der Waals surface area contributed by atoms with Crippen LogP contribution in [0.3, 0.4) is 0 Å². The Kier molecular flexibility index (Phi) is 6.11. The van der Waals surface area contributed by atoms with E-state index in [0.717, 1.165) is 0 Å². The minimum absolute atomic E-state index is 0.0758. The summed E-state index contributed by atoms with van der Waals surface area (Å²) >= 11 is 0. The molecule has 0 fully saturated rings. The highest BCUT2D eigenvalue weighted by Crippen LogP contribution is 2.06. The largest absolute Gasteiger partial charge is 0.477 e. The standard InChI is InChI=1S/C12H24N2O4/c1-12(2,3)18-11(17)13-7-6-8-14(4,5)9-10(15)16/h6-9H2,1-5H3,(H-,13,15,16,17)/p+1. The van der Waals surface area contributed by atoms with Crippen molar-refractivity contribution in [3.8, 4) is 0 Å². The van der Waals surface area contributed by atoms with Crippen LogP contribution in [0, 0.1) is 0 Å². The Morgan fingerprint density at radius 1 is 1.28 bits per heavy atom. The van der Waals surface area contributed by atoms with Gasteiger partial charge in [0, 0.05) is 13.0 Å². The van der Waals surface area contributed by atoms with Gasteiger partial charge in [0.1, 0.15) is 5.60 Å². The molecule has 6 nitrogen and oxygen atoms in total. The molecule has 106 valence electrons. The maximum atomic E-state index is 11.3. The number of carbonyl (C=O) groups is 2. The molecule has 0 bridgehead atoms. The second kappa shape index (κ2) is 6.58. The molecule has 0 radical (unpaired) electrons. The predicted molar refractivity (Wildman–Crippen MR) is 68.3 cm³/mol. The lowest BCUT2D eigenvalue weighted by Crippen LogP contribution is -2.45. The number of alkyl carbamates (subject to hydrolysis) is 1. The maximum absolute atomic E-state index is 11.3. The second-order valence-corrected chi connectivity index (χ2v) is 5.99. The molecule has 0 aromatic heterocycles. The van der Waals surface area contributed by atoms with Gasteiger partial charge in [0.25, 0.3) is 0 Å². The van der Waals surface area contributed by atoms with E-state index in [-0.39, 0.29) is 6.54 Å². The molecule has 0 rings (SSSR count). The molecule has 1 amide bonds. The summed E-state index contributed by atoms with van der Waals surface area (Å²) in [6, 6.07) is 0. The van der Waals surface area contributed by atoms with Crippen LogP contribution in [0.2, 0.25) is 0 Å². The summed E-state index contributed by atoms with van der Waals surface area (Å²) in [6.45, 7) is 6.66. The fourth-order valence-electron chi connectivity index (χ4n) is 1.46. The second-order valence-electron chi connectivity index (χ2n) is 5.99. The lowest BCUT2D eigenvalue weighted by molar-refractivity contribution is -0.883. The van der Waals surface area contributed by atoms with E-state index in [1.165, 1.54) is 0 Å². The average Bonchev–Trinajstić information content (AvgIpc) is 2.07. The van der Waals surface area contributed by atoms with Crippen molar-refractivity contribution in [1.82, 2.24) is 5.32 Å². The van der Waals surface area contributed by atoms with Gasteiger partial charge >= 0.3 is 12.1 Å². The monoisotopic (exact) mass is 261 g/mol. The number of hydrogen-bond donors (Lipinski definition) is 2. The van der Waals surface area contributed by atoms with Crippen molar-refractivity contribution in [2.24, 2.45) is 0 Å². The molecule has 0 saturated heterocycles. The Morgan fingerprint density at radius 3 is 2.28 bits per heavy atom. The Labute approximate surface area is 109 Å². The van der Waals surface area contributed by atoms with Crippen LogP contribution in [0.5, 0.6) is 0 Å². The molecular weight excluding hydrogens is 236 g/mol. The van der Waals surface area contributed by atoms with Gasteiger partial charge in [-0.15, -0.1) is 0 Å². The summed E-state index contributed by atoms with van der Waals surface area (Å²) in [6.07, 6.45) is 0.269. The first-order chi connectivity index (χ1) is 8.02. The minimum Gasteiger partial charge on any atom is -0.477 e. The lowest BCUT2D eigenvalue weighted by Gasteiger charge is -2.27. The van der Waals surface area contributed by atoms with Crippen LogP contribution in [0.25, 0.3) is 0 Å². The van der Waals surface area contributed by atoms with Gasteiger partial charge < -0.3 is 19.6 Å². The van der Waals surface area contributed by atoms with Crippen LogP contribution in [-0.2, 0) is 9.53 Å². The van der Waals surface area contributed by atoms with Crippen molar-refractivity contribution < 1.29 is 23.9 Å². The van der Waals surface area contributed by atoms with E-state index >= 15 is 0 Å². The zero-order valence-corrected chi connectivity index (χ0v) is 11.9. The van der Waals surface area contributed by atoms with Gasteiger partial charge in [-0.2, -0.15) is 0 Å². The first kappa shape index (κ1) is 16.7. The number of nitrogens with one attached hydrogen (secondary N) is 1. The number of aliphatic carboxylic acids is 1. The number of rotatable bonds is 6. The van der Waals surface area contributed by atoms with Crippen LogP contribution >= 0.6 is 0 Å². The number of carboxylic acid groups (broad SMARTS) is 1. The van der Waals surface area contributed by atoms with Gasteiger partial charge in [-0.1, -0.05) is 0 Å². The highest BCUT2D eigenvalue weighted by atomic mass is 16.6. The third-order valence-corrected chi connectivity index (χ3v) is 2.17. The normalized spacial score (nSPS) is 12.1. The van der Waals surface area contributed by atoms with E-state index in [2.05, 4.69) is 5.32 Å². The first-order valence-electron chi connectivity index (χ1n) is 6.02. The number of carboxylic acids is 1. The zero-order valence-electron chi connectivity index (χ0n) is 11.9. The summed E-state index contributed by atoms with van der Waals surface area (Å²) in [5.41, 5.74) is -0.497. The van der Waals surface area contributed by atoms with Crippen molar-refractivity contribution in [2.45, 2.75) is 32.8 Å². The number of nitrogens with zero attached hydrogens (tertiary/aromatic N) is 1. The average molecular weight is 261 g/mol. The molecule has 0 saturated carbocycles. The van der Waals surface area contributed by atoms with Crippen LogP contribution < -0.4 is 5.32 Å². The molecule has 18 heavy (non-hydrogen) atoms. The number of ether oxygens (including phenoxy) is 1. The van der Waals surface area contributed by atoms with Crippen molar-refractivity contribution in [3.63, 3.8) is 0 Å². The van der Waals surface area contributed by atoms with Gasteiger partial charge in [-0.05, 0) is 20.8 Å². The predicted octanol–water partition coefficient (Wildman–Crippen LogP) is 1.06. The number of carbonyl (C=O) groups excluding carboxylic acids is 1. The van der Waals surface area contributed by atoms with E-state index < -0.39 is 17.7 Å². The van der Waals surface area contributed by atoms with Crippen molar-refractivity contribution in [3.05, 3.63) is 0 Å². The van der Waals surface area contributed by atoms with Crippen molar-refractivity contribution in [2.75, 3.05) is 33.7 Å². The van der Waals surface area contributed by atoms with E-state index in [0.29, 0.717) is 24.0 Å². The zero-order chi connectivity index (χ0) is 14.4. The summed E-state index contributed by atoms with van der Waals surface area (Å²) < 4.78 is 5.48. The molecule has 2 N–H and O–H groups in total. The molecule has 0 aromatic rings. The third-order valence-electron chi connectivity index (χ3n) is 2.17. The molecular formula is C12H25N2O4+. The third kappa shape index (κ3) is 9.89. The smallest absolute Gasteiger partial charge is 0.407 e.